The predicted octanol–water partition coefficient (Wildman–Crippen LogP) is 4.08. The molecule has 2 rings (SSSR count). The van der Waals surface area contributed by atoms with Crippen molar-refractivity contribution in [2.24, 2.45) is 0 Å². The lowest BCUT2D eigenvalue weighted by atomic mass is 10.1. The van der Waals surface area contributed by atoms with Crippen molar-refractivity contribution < 1.29 is 9.47 Å². The number of nitrogens with zero attached hydrogens (tertiary/aromatic N) is 2. The van der Waals surface area contributed by atoms with E-state index in [0.29, 0.717) is 30.1 Å². The number of halogens is 1. The van der Waals surface area contributed by atoms with Crippen molar-refractivity contribution in [3.63, 3.8) is 0 Å². The minimum atomic E-state index is 0.320. The van der Waals surface area contributed by atoms with Crippen LogP contribution in [-0.4, -0.2) is 16.6 Å². The zero-order valence-electron chi connectivity index (χ0n) is 11.8. The van der Waals surface area contributed by atoms with Gasteiger partial charge >= 0.3 is 0 Å². The number of aryl methyl sites for hydroxylation is 2. The topological polar surface area (TPSA) is 44.2 Å². The summed E-state index contributed by atoms with van der Waals surface area (Å²) in [5.74, 6) is 1.70. The average Bonchev–Trinajstić information content (AvgIpc) is 2.40. The lowest BCUT2D eigenvalue weighted by Crippen LogP contribution is -2.01. The molecule has 2 aromatic rings. The van der Waals surface area contributed by atoms with Gasteiger partial charge in [0.25, 0.3) is 0 Å². The van der Waals surface area contributed by atoms with E-state index in [1.807, 2.05) is 39.0 Å². The van der Waals surface area contributed by atoms with Gasteiger partial charge in [-0.15, -0.1) is 0 Å². The monoisotopic (exact) mass is 292 g/mol. The molecule has 0 saturated heterocycles. The number of ether oxygens (including phenoxy) is 2. The van der Waals surface area contributed by atoms with E-state index in [2.05, 4.69) is 9.97 Å². The Balaban J connectivity index is 2.24. The largest absolute Gasteiger partial charge is 0.439 e. The number of hydrogen-bond donors (Lipinski definition) is 0. The molecule has 0 bridgehead atoms. The van der Waals surface area contributed by atoms with Gasteiger partial charge in [-0.1, -0.05) is 23.7 Å². The molecule has 0 amide bonds. The number of rotatable bonds is 5. The van der Waals surface area contributed by atoms with Crippen LogP contribution in [0, 0.1) is 13.8 Å². The molecule has 1 aromatic carbocycles. The third kappa shape index (κ3) is 3.92. The summed E-state index contributed by atoms with van der Waals surface area (Å²) in [5.41, 5.74) is 2.16. The van der Waals surface area contributed by atoms with Gasteiger partial charge in [-0.3, -0.25) is 0 Å². The van der Waals surface area contributed by atoms with Crippen LogP contribution in [0.5, 0.6) is 11.6 Å². The fourth-order valence-corrected chi connectivity index (χ4v) is 1.87. The molecule has 0 radical (unpaired) electrons. The molecule has 5 heteroatoms. The lowest BCUT2D eigenvalue weighted by molar-refractivity contribution is 0.128. The molecule has 0 aliphatic rings. The second kappa shape index (κ2) is 6.68. The van der Waals surface area contributed by atoms with Crippen LogP contribution in [0.3, 0.4) is 0 Å². The molecule has 1 heterocycles. The first-order valence-electron chi connectivity index (χ1n) is 6.45. The van der Waals surface area contributed by atoms with Crippen molar-refractivity contribution >= 4 is 11.6 Å². The van der Waals surface area contributed by atoms with E-state index < -0.39 is 0 Å². The molecule has 0 N–H and O–H groups in total. The molecule has 0 spiro atoms. The molecule has 0 aliphatic carbocycles. The standard InChI is InChI=1S/C15H17ClN2O2/c1-4-19-9-14-17-13(16)8-15(18-14)20-12-7-10(2)5-6-11(12)3/h5-8H,4,9H2,1-3H3. The maximum Gasteiger partial charge on any atom is 0.224 e. The van der Waals surface area contributed by atoms with Crippen LogP contribution in [0.25, 0.3) is 0 Å². The third-order valence-electron chi connectivity index (χ3n) is 2.71. The van der Waals surface area contributed by atoms with Crippen LogP contribution < -0.4 is 4.74 Å². The van der Waals surface area contributed by atoms with Crippen LogP contribution in [0.2, 0.25) is 5.15 Å². The van der Waals surface area contributed by atoms with Gasteiger partial charge < -0.3 is 9.47 Å². The fourth-order valence-electron chi connectivity index (χ4n) is 1.68. The van der Waals surface area contributed by atoms with Crippen LogP contribution in [0.4, 0.5) is 0 Å². The Hall–Kier alpha value is -1.65. The van der Waals surface area contributed by atoms with Gasteiger partial charge in [0.15, 0.2) is 5.82 Å². The highest BCUT2D eigenvalue weighted by Crippen LogP contribution is 2.26. The lowest BCUT2D eigenvalue weighted by Gasteiger charge is -2.10. The molecule has 20 heavy (non-hydrogen) atoms. The quantitative estimate of drug-likeness (QED) is 0.779. The smallest absolute Gasteiger partial charge is 0.224 e. The van der Waals surface area contributed by atoms with E-state index in [9.17, 15) is 0 Å². The third-order valence-corrected chi connectivity index (χ3v) is 2.90. The van der Waals surface area contributed by atoms with E-state index in [1.54, 1.807) is 6.07 Å². The molecular formula is C15H17ClN2O2. The maximum atomic E-state index is 5.98. The summed E-state index contributed by atoms with van der Waals surface area (Å²) in [6.07, 6.45) is 0. The highest BCUT2D eigenvalue weighted by molar-refractivity contribution is 6.29. The zero-order chi connectivity index (χ0) is 14.5. The zero-order valence-corrected chi connectivity index (χ0v) is 12.6. The SMILES string of the molecule is CCOCc1nc(Cl)cc(Oc2cc(C)ccc2C)n1. The van der Waals surface area contributed by atoms with Gasteiger partial charge in [-0.25, -0.2) is 4.98 Å². The average molecular weight is 293 g/mol. The number of benzene rings is 1. The van der Waals surface area contributed by atoms with Gasteiger partial charge in [-0.2, -0.15) is 4.98 Å². The van der Waals surface area contributed by atoms with Gasteiger partial charge in [0.2, 0.25) is 5.88 Å². The molecule has 0 unspecified atom stereocenters. The van der Waals surface area contributed by atoms with Gasteiger partial charge in [0, 0.05) is 12.7 Å². The Morgan fingerprint density at radius 3 is 2.70 bits per heavy atom. The molecular weight excluding hydrogens is 276 g/mol. The van der Waals surface area contributed by atoms with Crippen LogP contribution in [-0.2, 0) is 11.3 Å². The van der Waals surface area contributed by atoms with Crippen LogP contribution in [0.1, 0.15) is 23.9 Å². The Morgan fingerprint density at radius 1 is 1.15 bits per heavy atom. The van der Waals surface area contributed by atoms with E-state index >= 15 is 0 Å². The first-order valence-corrected chi connectivity index (χ1v) is 6.82. The first-order chi connectivity index (χ1) is 9.58. The molecule has 0 aliphatic heterocycles. The minimum absolute atomic E-state index is 0.320. The summed E-state index contributed by atoms with van der Waals surface area (Å²) in [7, 11) is 0. The van der Waals surface area contributed by atoms with Gasteiger partial charge in [0.1, 0.15) is 17.5 Å². The predicted molar refractivity (Wildman–Crippen MR) is 78.4 cm³/mol. The second-order valence-corrected chi connectivity index (χ2v) is 4.84. The highest BCUT2D eigenvalue weighted by Gasteiger charge is 2.07. The van der Waals surface area contributed by atoms with E-state index in [0.717, 1.165) is 16.9 Å². The van der Waals surface area contributed by atoms with E-state index in [1.165, 1.54) is 0 Å². The molecule has 4 nitrogen and oxygen atoms in total. The molecule has 0 atom stereocenters. The Labute approximate surface area is 123 Å². The molecule has 0 saturated carbocycles. The highest BCUT2D eigenvalue weighted by atomic mass is 35.5. The van der Waals surface area contributed by atoms with Gasteiger partial charge in [0.05, 0.1) is 0 Å². The molecule has 106 valence electrons. The van der Waals surface area contributed by atoms with Crippen molar-refractivity contribution in [2.75, 3.05) is 6.61 Å². The van der Waals surface area contributed by atoms with E-state index in [-0.39, 0.29) is 0 Å². The van der Waals surface area contributed by atoms with Crippen molar-refractivity contribution in [3.8, 4) is 11.6 Å². The van der Waals surface area contributed by atoms with Crippen molar-refractivity contribution in [1.29, 1.82) is 0 Å². The Bertz CT molecular complexity index is 602. The normalized spacial score (nSPS) is 10.6. The van der Waals surface area contributed by atoms with Crippen molar-refractivity contribution in [2.45, 2.75) is 27.4 Å². The van der Waals surface area contributed by atoms with Gasteiger partial charge in [-0.05, 0) is 38.0 Å². The molecule has 1 aromatic heterocycles. The summed E-state index contributed by atoms with van der Waals surface area (Å²) in [4.78, 5) is 8.40. The van der Waals surface area contributed by atoms with Crippen molar-refractivity contribution in [1.82, 2.24) is 9.97 Å². The fraction of sp³-hybridized carbons (Fsp3) is 0.333. The summed E-state index contributed by atoms with van der Waals surface area (Å²) in [5, 5.41) is 0.343. The summed E-state index contributed by atoms with van der Waals surface area (Å²) in [6, 6.07) is 7.61. The summed E-state index contributed by atoms with van der Waals surface area (Å²) >= 11 is 5.98. The number of hydrogen-bond acceptors (Lipinski definition) is 4. The number of aromatic nitrogens is 2. The van der Waals surface area contributed by atoms with Crippen LogP contribution in [0.15, 0.2) is 24.3 Å². The first kappa shape index (κ1) is 14.8. The van der Waals surface area contributed by atoms with Crippen LogP contribution >= 0.6 is 11.6 Å². The van der Waals surface area contributed by atoms with E-state index in [4.69, 9.17) is 21.1 Å². The van der Waals surface area contributed by atoms with Crippen molar-refractivity contribution in [3.05, 3.63) is 46.4 Å². The Morgan fingerprint density at radius 2 is 1.95 bits per heavy atom. The summed E-state index contributed by atoms with van der Waals surface area (Å²) < 4.78 is 11.1. The Kier molecular flexibility index (Phi) is 4.93. The molecule has 0 fully saturated rings. The minimum Gasteiger partial charge on any atom is -0.439 e. The maximum absolute atomic E-state index is 5.98. The summed E-state index contributed by atoms with van der Waals surface area (Å²) in [6.45, 7) is 6.83. The second-order valence-electron chi connectivity index (χ2n) is 4.45.